The highest BCUT2D eigenvalue weighted by molar-refractivity contribution is 7.92. The summed E-state index contributed by atoms with van der Waals surface area (Å²) in [7, 11) is -3.75. The zero-order valence-corrected chi connectivity index (χ0v) is 22.8. The number of benzene rings is 2. The molecule has 0 aromatic heterocycles. The summed E-state index contributed by atoms with van der Waals surface area (Å²) in [5.74, 6) is -0.716. The minimum atomic E-state index is -3.75. The fourth-order valence-electron chi connectivity index (χ4n) is 3.69. The molecule has 0 unspecified atom stereocenters. The average molecular weight is 502 g/mol. The van der Waals surface area contributed by atoms with Crippen molar-refractivity contribution in [3.8, 4) is 0 Å². The summed E-state index contributed by atoms with van der Waals surface area (Å²) in [6.45, 7) is 12.1. The molecule has 0 bridgehead atoms. The molecule has 0 radical (unpaired) electrons. The number of hydrogen-bond acceptors (Lipinski definition) is 4. The Kier molecular flexibility index (Phi) is 9.49. The summed E-state index contributed by atoms with van der Waals surface area (Å²) in [5, 5.41) is 2.84. The van der Waals surface area contributed by atoms with Gasteiger partial charge in [-0.1, -0.05) is 64.1 Å². The zero-order valence-electron chi connectivity index (χ0n) is 22.0. The molecule has 0 heterocycles. The molecule has 2 aromatic carbocycles. The van der Waals surface area contributed by atoms with E-state index in [0.717, 1.165) is 33.7 Å². The third-order valence-corrected chi connectivity index (χ3v) is 7.16. The van der Waals surface area contributed by atoms with E-state index in [1.54, 1.807) is 19.1 Å². The van der Waals surface area contributed by atoms with Crippen LogP contribution in [0, 0.1) is 6.92 Å². The molecule has 0 aliphatic heterocycles. The number of carbonyl (C=O) groups excluding carboxylic acids is 2. The molecule has 7 nitrogen and oxygen atoms in total. The SMILES string of the molecule is CCCNC(=O)[C@@H](C)N(Cc1ccccc1C)C(=O)CN(c1ccc(C(C)(C)C)cc1)S(C)(=O)=O. The first kappa shape index (κ1) is 28.4. The van der Waals surface area contributed by atoms with Crippen LogP contribution < -0.4 is 9.62 Å². The molecular formula is C27H39N3O4S. The Balaban J connectivity index is 2.39. The van der Waals surface area contributed by atoms with Crippen molar-refractivity contribution in [1.29, 1.82) is 0 Å². The van der Waals surface area contributed by atoms with Crippen molar-refractivity contribution in [2.24, 2.45) is 0 Å². The first-order chi connectivity index (χ1) is 16.3. The van der Waals surface area contributed by atoms with Crippen LogP contribution in [0.2, 0.25) is 0 Å². The zero-order chi connectivity index (χ0) is 26.4. The van der Waals surface area contributed by atoms with Crippen LogP contribution in [0.5, 0.6) is 0 Å². The summed E-state index contributed by atoms with van der Waals surface area (Å²) in [6.07, 6.45) is 1.86. The molecule has 2 aromatic rings. The Labute approximate surface area is 210 Å². The van der Waals surface area contributed by atoms with Gasteiger partial charge in [0.15, 0.2) is 0 Å². The number of hydrogen-bond donors (Lipinski definition) is 1. The highest BCUT2D eigenvalue weighted by atomic mass is 32.2. The number of nitrogens with one attached hydrogen (secondary N) is 1. The monoisotopic (exact) mass is 501 g/mol. The van der Waals surface area contributed by atoms with Gasteiger partial charge in [-0.05, 0) is 54.5 Å². The second kappa shape index (κ2) is 11.7. The van der Waals surface area contributed by atoms with Gasteiger partial charge in [0.2, 0.25) is 21.8 Å². The van der Waals surface area contributed by atoms with Crippen LogP contribution in [0.15, 0.2) is 48.5 Å². The van der Waals surface area contributed by atoms with Gasteiger partial charge in [-0.25, -0.2) is 8.42 Å². The smallest absolute Gasteiger partial charge is 0.244 e. The van der Waals surface area contributed by atoms with Crippen LogP contribution >= 0.6 is 0 Å². The highest BCUT2D eigenvalue weighted by Gasteiger charge is 2.30. The summed E-state index contributed by atoms with van der Waals surface area (Å²) in [6, 6.07) is 14.1. The molecule has 192 valence electrons. The van der Waals surface area contributed by atoms with E-state index in [1.165, 1.54) is 4.90 Å². The molecule has 1 N–H and O–H groups in total. The predicted octanol–water partition coefficient (Wildman–Crippen LogP) is 4.00. The lowest BCUT2D eigenvalue weighted by Crippen LogP contribution is -2.51. The normalized spacial score (nSPS) is 12.7. The van der Waals surface area contributed by atoms with E-state index >= 15 is 0 Å². The van der Waals surface area contributed by atoms with Gasteiger partial charge in [0.1, 0.15) is 12.6 Å². The number of anilines is 1. The van der Waals surface area contributed by atoms with Crippen LogP contribution in [-0.4, -0.2) is 50.5 Å². The van der Waals surface area contributed by atoms with Crippen LogP contribution in [0.1, 0.15) is 57.7 Å². The maximum absolute atomic E-state index is 13.6. The van der Waals surface area contributed by atoms with E-state index in [0.29, 0.717) is 12.2 Å². The molecule has 0 aliphatic carbocycles. The van der Waals surface area contributed by atoms with E-state index in [2.05, 4.69) is 26.1 Å². The highest BCUT2D eigenvalue weighted by Crippen LogP contribution is 2.26. The largest absolute Gasteiger partial charge is 0.354 e. The van der Waals surface area contributed by atoms with Crippen molar-refractivity contribution in [3.63, 3.8) is 0 Å². The van der Waals surface area contributed by atoms with Gasteiger partial charge in [0, 0.05) is 13.1 Å². The summed E-state index contributed by atoms with van der Waals surface area (Å²) >= 11 is 0. The molecule has 8 heteroatoms. The number of amides is 2. The van der Waals surface area contributed by atoms with Crippen LogP contribution in [-0.2, 0) is 31.6 Å². The van der Waals surface area contributed by atoms with Gasteiger partial charge in [0.25, 0.3) is 0 Å². The van der Waals surface area contributed by atoms with Crippen molar-refractivity contribution in [2.75, 3.05) is 23.7 Å². The van der Waals surface area contributed by atoms with E-state index in [1.807, 2.05) is 50.2 Å². The third kappa shape index (κ3) is 7.82. The minimum Gasteiger partial charge on any atom is -0.354 e. The lowest BCUT2D eigenvalue weighted by molar-refractivity contribution is -0.139. The Morgan fingerprint density at radius 3 is 2.14 bits per heavy atom. The van der Waals surface area contributed by atoms with E-state index in [9.17, 15) is 18.0 Å². The molecule has 35 heavy (non-hydrogen) atoms. The van der Waals surface area contributed by atoms with Crippen molar-refractivity contribution < 1.29 is 18.0 Å². The van der Waals surface area contributed by atoms with Gasteiger partial charge >= 0.3 is 0 Å². The van der Waals surface area contributed by atoms with Gasteiger partial charge in [-0.2, -0.15) is 0 Å². The van der Waals surface area contributed by atoms with E-state index < -0.39 is 28.5 Å². The Hall–Kier alpha value is -2.87. The number of rotatable bonds is 10. The van der Waals surface area contributed by atoms with E-state index in [-0.39, 0.29) is 17.9 Å². The molecule has 2 amide bonds. The standard InChI is InChI=1S/C27H39N3O4S/c1-8-17-28-26(32)21(3)29(18-22-12-10-9-11-20(22)2)25(31)19-30(35(7,33)34)24-15-13-23(14-16-24)27(4,5)6/h9-16,21H,8,17-19H2,1-7H3,(H,28,32)/t21-/m1/s1. The summed E-state index contributed by atoms with van der Waals surface area (Å²) < 4.78 is 26.5. The molecule has 0 spiro atoms. The Bertz CT molecular complexity index is 1120. The fourth-order valence-corrected chi connectivity index (χ4v) is 4.54. The maximum atomic E-state index is 13.6. The minimum absolute atomic E-state index is 0.0874. The van der Waals surface area contributed by atoms with Crippen molar-refractivity contribution in [2.45, 2.75) is 66.0 Å². The van der Waals surface area contributed by atoms with Crippen molar-refractivity contribution in [3.05, 3.63) is 65.2 Å². The quantitative estimate of drug-likeness (QED) is 0.533. The molecule has 2 rings (SSSR count). The summed E-state index contributed by atoms with van der Waals surface area (Å²) in [5.41, 5.74) is 3.27. The number of carbonyl (C=O) groups is 2. The van der Waals surface area contributed by atoms with Gasteiger partial charge in [-0.15, -0.1) is 0 Å². The van der Waals surface area contributed by atoms with Gasteiger partial charge in [-0.3, -0.25) is 13.9 Å². The second-order valence-corrected chi connectivity index (χ2v) is 11.9. The molecule has 0 aliphatic rings. The van der Waals surface area contributed by atoms with Crippen LogP contribution in [0.4, 0.5) is 5.69 Å². The van der Waals surface area contributed by atoms with Crippen LogP contribution in [0.25, 0.3) is 0 Å². The molecule has 0 saturated carbocycles. The van der Waals surface area contributed by atoms with E-state index in [4.69, 9.17) is 0 Å². The summed E-state index contributed by atoms with van der Waals surface area (Å²) in [4.78, 5) is 27.8. The molecule has 0 fully saturated rings. The first-order valence-electron chi connectivity index (χ1n) is 12.0. The Morgan fingerprint density at radius 2 is 1.63 bits per heavy atom. The number of aryl methyl sites for hydroxylation is 1. The topological polar surface area (TPSA) is 86.8 Å². The van der Waals surface area contributed by atoms with Crippen molar-refractivity contribution >= 4 is 27.5 Å². The van der Waals surface area contributed by atoms with Crippen molar-refractivity contribution in [1.82, 2.24) is 10.2 Å². The molecule has 0 saturated heterocycles. The first-order valence-corrected chi connectivity index (χ1v) is 13.8. The third-order valence-electron chi connectivity index (χ3n) is 6.02. The molecule has 1 atom stereocenters. The number of sulfonamides is 1. The second-order valence-electron chi connectivity index (χ2n) is 9.98. The van der Waals surface area contributed by atoms with Crippen LogP contribution in [0.3, 0.4) is 0 Å². The lowest BCUT2D eigenvalue weighted by Gasteiger charge is -2.32. The number of nitrogens with zero attached hydrogens (tertiary/aromatic N) is 2. The van der Waals surface area contributed by atoms with Gasteiger partial charge in [0.05, 0.1) is 11.9 Å². The fraction of sp³-hybridized carbons (Fsp3) is 0.481. The maximum Gasteiger partial charge on any atom is 0.244 e. The lowest BCUT2D eigenvalue weighted by atomic mass is 9.87. The molecular weight excluding hydrogens is 462 g/mol. The Morgan fingerprint density at radius 1 is 1.03 bits per heavy atom. The predicted molar refractivity (Wildman–Crippen MR) is 142 cm³/mol. The average Bonchev–Trinajstić information content (AvgIpc) is 2.78. The van der Waals surface area contributed by atoms with Gasteiger partial charge < -0.3 is 10.2 Å².